The summed E-state index contributed by atoms with van der Waals surface area (Å²) in [6.07, 6.45) is 0.470. The topological polar surface area (TPSA) is 52.7 Å². The van der Waals surface area contributed by atoms with Crippen LogP contribution in [0.2, 0.25) is 0 Å². The van der Waals surface area contributed by atoms with Gasteiger partial charge in [-0.05, 0) is 13.8 Å². The lowest BCUT2D eigenvalue weighted by molar-refractivity contribution is -0.145. The molecule has 2 heterocycles. The molecule has 3 unspecified atom stereocenters. The summed E-state index contributed by atoms with van der Waals surface area (Å²) in [5, 5.41) is 3.37. The van der Waals surface area contributed by atoms with Crippen molar-refractivity contribution in [2.24, 2.45) is 0 Å². The lowest BCUT2D eigenvalue weighted by Gasteiger charge is -2.40. The van der Waals surface area contributed by atoms with Crippen LogP contribution in [-0.2, 0) is 9.59 Å². The van der Waals surface area contributed by atoms with Gasteiger partial charge in [0.1, 0.15) is 6.04 Å². The summed E-state index contributed by atoms with van der Waals surface area (Å²) in [6.45, 7) is 7.59. The first kappa shape index (κ1) is 14.7. The van der Waals surface area contributed by atoms with E-state index >= 15 is 0 Å². The highest BCUT2D eigenvalue weighted by Gasteiger charge is 2.39. The van der Waals surface area contributed by atoms with Crippen LogP contribution in [0.5, 0.6) is 0 Å². The molecule has 1 N–H and O–H groups in total. The lowest BCUT2D eigenvalue weighted by Crippen LogP contribution is -2.61. The fourth-order valence-corrected chi connectivity index (χ4v) is 3.83. The highest BCUT2D eigenvalue weighted by atomic mass is 32.2. The first-order valence-corrected chi connectivity index (χ1v) is 8.12. The summed E-state index contributed by atoms with van der Waals surface area (Å²) < 4.78 is 0. The summed E-state index contributed by atoms with van der Waals surface area (Å²) in [4.78, 5) is 28.2. The fourth-order valence-electron chi connectivity index (χ4n) is 2.66. The predicted molar refractivity (Wildman–Crippen MR) is 76.9 cm³/mol. The predicted octanol–water partition coefficient (Wildman–Crippen LogP) is 0.507. The second kappa shape index (κ2) is 6.13. The van der Waals surface area contributed by atoms with Gasteiger partial charge in [-0.15, -0.1) is 11.8 Å². The molecular weight excluding hydrogens is 262 g/mol. The van der Waals surface area contributed by atoms with E-state index in [1.165, 1.54) is 0 Å². The van der Waals surface area contributed by atoms with Gasteiger partial charge >= 0.3 is 0 Å². The highest BCUT2D eigenvalue weighted by molar-refractivity contribution is 7.99. The Balaban J connectivity index is 2.08. The molecule has 3 atom stereocenters. The Morgan fingerprint density at radius 3 is 2.74 bits per heavy atom. The molecule has 2 rings (SSSR count). The SMILES string of the molecule is CCC(=O)N1CSCC1C(=O)N1CCNC(C)C1C. The van der Waals surface area contributed by atoms with Crippen LogP contribution in [-0.4, -0.2) is 64.5 Å². The second-order valence-electron chi connectivity index (χ2n) is 5.25. The van der Waals surface area contributed by atoms with E-state index in [0.717, 1.165) is 18.8 Å². The van der Waals surface area contributed by atoms with Crippen molar-refractivity contribution in [3.05, 3.63) is 0 Å². The van der Waals surface area contributed by atoms with Gasteiger partial charge in [-0.3, -0.25) is 9.59 Å². The molecule has 0 aliphatic carbocycles. The van der Waals surface area contributed by atoms with Crippen molar-refractivity contribution >= 4 is 23.6 Å². The average Bonchev–Trinajstić information content (AvgIpc) is 2.89. The molecule has 0 aromatic heterocycles. The third-order valence-corrected chi connectivity index (χ3v) is 5.12. The van der Waals surface area contributed by atoms with Crippen molar-refractivity contribution in [2.45, 2.75) is 45.3 Å². The molecule has 108 valence electrons. The van der Waals surface area contributed by atoms with Crippen LogP contribution < -0.4 is 5.32 Å². The van der Waals surface area contributed by atoms with E-state index < -0.39 is 0 Å². The number of nitrogens with one attached hydrogen (secondary N) is 1. The Morgan fingerprint density at radius 1 is 1.32 bits per heavy atom. The number of carbonyl (C=O) groups is 2. The van der Waals surface area contributed by atoms with Crippen LogP contribution in [0.25, 0.3) is 0 Å². The normalized spacial score (nSPS) is 31.6. The number of rotatable bonds is 2. The Bertz CT molecular complexity index is 364. The van der Waals surface area contributed by atoms with Gasteiger partial charge in [0.2, 0.25) is 11.8 Å². The van der Waals surface area contributed by atoms with Crippen molar-refractivity contribution in [1.82, 2.24) is 15.1 Å². The number of hydrogen-bond acceptors (Lipinski definition) is 4. The lowest BCUT2D eigenvalue weighted by atomic mass is 10.1. The monoisotopic (exact) mass is 285 g/mol. The molecule has 0 aromatic carbocycles. The molecule has 0 radical (unpaired) electrons. The smallest absolute Gasteiger partial charge is 0.246 e. The van der Waals surface area contributed by atoms with Gasteiger partial charge in [-0.2, -0.15) is 0 Å². The Labute approximate surface area is 119 Å². The second-order valence-corrected chi connectivity index (χ2v) is 6.25. The maximum atomic E-state index is 12.7. The van der Waals surface area contributed by atoms with Crippen molar-refractivity contribution in [3.8, 4) is 0 Å². The first-order chi connectivity index (χ1) is 9.06. The number of amides is 2. The first-order valence-electron chi connectivity index (χ1n) is 6.97. The molecule has 0 bridgehead atoms. The number of hydrogen-bond donors (Lipinski definition) is 1. The molecule has 0 aromatic rings. The average molecular weight is 285 g/mol. The summed E-state index contributed by atoms with van der Waals surface area (Å²) in [6, 6.07) is 0.234. The molecule has 0 spiro atoms. The van der Waals surface area contributed by atoms with E-state index in [-0.39, 0.29) is 23.9 Å². The van der Waals surface area contributed by atoms with Crippen LogP contribution in [0.3, 0.4) is 0 Å². The van der Waals surface area contributed by atoms with Gasteiger partial charge < -0.3 is 15.1 Å². The Morgan fingerprint density at radius 2 is 2.05 bits per heavy atom. The van der Waals surface area contributed by atoms with E-state index in [0.29, 0.717) is 18.3 Å². The number of thioether (sulfide) groups is 1. The zero-order valence-corrected chi connectivity index (χ0v) is 12.7. The van der Waals surface area contributed by atoms with Gasteiger partial charge in [0.05, 0.1) is 5.88 Å². The zero-order valence-electron chi connectivity index (χ0n) is 11.9. The summed E-state index contributed by atoms with van der Waals surface area (Å²) in [5.41, 5.74) is 0. The van der Waals surface area contributed by atoms with Crippen LogP contribution in [0, 0.1) is 0 Å². The molecule has 2 aliphatic heterocycles. The van der Waals surface area contributed by atoms with Crippen molar-refractivity contribution in [3.63, 3.8) is 0 Å². The van der Waals surface area contributed by atoms with Gasteiger partial charge in [-0.1, -0.05) is 6.92 Å². The minimum atomic E-state index is -0.259. The molecule has 2 saturated heterocycles. The van der Waals surface area contributed by atoms with E-state index in [9.17, 15) is 9.59 Å². The maximum Gasteiger partial charge on any atom is 0.246 e. The third-order valence-electron chi connectivity index (χ3n) is 4.11. The molecule has 2 amide bonds. The summed E-state index contributed by atoms with van der Waals surface area (Å²) in [7, 11) is 0. The number of nitrogens with zero attached hydrogens (tertiary/aromatic N) is 2. The van der Waals surface area contributed by atoms with Gasteiger partial charge in [0, 0.05) is 37.3 Å². The minimum absolute atomic E-state index is 0.0826. The molecule has 6 heteroatoms. The Hall–Kier alpha value is -0.750. The molecule has 19 heavy (non-hydrogen) atoms. The summed E-state index contributed by atoms with van der Waals surface area (Å²) in [5.74, 6) is 1.58. The molecule has 2 aliphatic rings. The van der Waals surface area contributed by atoms with E-state index in [1.54, 1.807) is 16.7 Å². The number of piperazine rings is 1. The molecule has 2 fully saturated rings. The van der Waals surface area contributed by atoms with Crippen molar-refractivity contribution in [1.29, 1.82) is 0 Å². The van der Waals surface area contributed by atoms with Crippen molar-refractivity contribution in [2.75, 3.05) is 24.7 Å². The zero-order chi connectivity index (χ0) is 14.0. The molecule has 0 saturated carbocycles. The van der Waals surface area contributed by atoms with Gasteiger partial charge in [0.25, 0.3) is 0 Å². The van der Waals surface area contributed by atoms with Crippen LogP contribution >= 0.6 is 11.8 Å². The standard InChI is InChI=1S/C13H23N3O2S/c1-4-12(17)16-8-19-7-11(16)13(18)15-6-5-14-9(2)10(15)3/h9-11,14H,4-8H2,1-3H3. The van der Waals surface area contributed by atoms with Gasteiger partial charge in [-0.25, -0.2) is 0 Å². The van der Waals surface area contributed by atoms with E-state index in [4.69, 9.17) is 0 Å². The van der Waals surface area contributed by atoms with Crippen LogP contribution in [0.4, 0.5) is 0 Å². The van der Waals surface area contributed by atoms with Crippen LogP contribution in [0.15, 0.2) is 0 Å². The number of carbonyl (C=O) groups excluding carboxylic acids is 2. The van der Waals surface area contributed by atoms with Gasteiger partial charge in [0.15, 0.2) is 0 Å². The quantitative estimate of drug-likeness (QED) is 0.803. The molecular formula is C13H23N3O2S. The highest BCUT2D eigenvalue weighted by Crippen LogP contribution is 2.24. The fraction of sp³-hybridized carbons (Fsp3) is 0.846. The maximum absolute atomic E-state index is 12.7. The largest absolute Gasteiger partial charge is 0.335 e. The van der Waals surface area contributed by atoms with Crippen molar-refractivity contribution < 1.29 is 9.59 Å². The van der Waals surface area contributed by atoms with E-state index in [1.807, 2.05) is 11.8 Å². The van der Waals surface area contributed by atoms with E-state index in [2.05, 4.69) is 19.2 Å². The Kier molecular flexibility index (Phi) is 4.73. The minimum Gasteiger partial charge on any atom is -0.335 e. The third kappa shape index (κ3) is 2.89. The summed E-state index contributed by atoms with van der Waals surface area (Å²) >= 11 is 1.67. The molecule has 5 nitrogen and oxygen atoms in total. The van der Waals surface area contributed by atoms with Crippen LogP contribution in [0.1, 0.15) is 27.2 Å².